The molecule has 6 nitrogen and oxygen atoms in total. The summed E-state index contributed by atoms with van der Waals surface area (Å²) in [7, 11) is 0. The number of aliphatic hydroxyl groups excluding tert-OH is 1. The first kappa shape index (κ1) is 15.7. The minimum atomic E-state index is -1.15. The number of carbonyl (C=O) groups is 2. The van der Waals surface area contributed by atoms with Crippen LogP contribution in [0.4, 0.5) is 4.79 Å². The van der Waals surface area contributed by atoms with Crippen molar-refractivity contribution in [1.82, 2.24) is 4.90 Å². The van der Waals surface area contributed by atoms with Gasteiger partial charge in [-0.15, -0.1) is 0 Å². The maximum atomic E-state index is 12.2. The third-order valence-corrected chi connectivity index (χ3v) is 4.13. The highest BCUT2D eigenvalue weighted by molar-refractivity contribution is 5.98. The predicted molar refractivity (Wildman–Crippen MR) is 81.4 cm³/mol. The monoisotopic (exact) mass is 317 g/mol. The van der Waals surface area contributed by atoms with Gasteiger partial charge in [0.25, 0.3) is 0 Å². The smallest absolute Gasteiger partial charge is 0.410 e. The van der Waals surface area contributed by atoms with E-state index in [-0.39, 0.29) is 18.9 Å². The van der Waals surface area contributed by atoms with Crippen molar-refractivity contribution in [3.63, 3.8) is 0 Å². The molecule has 3 rings (SSSR count). The van der Waals surface area contributed by atoms with Crippen LogP contribution in [0.15, 0.2) is 42.5 Å². The molecule has 6 heteroatoms. The largest absolute Gasteiger partial charge is 0.445 e. The average Bonchev–Trinajstić information content (AvgIpc) is 2.57. The fourth-order valence-corrected chi connectivity index (χ4v) is 2.94. The molecule has 122 valence electrons. The Kier molecular flexibility index (Phi) is 4.45. The third kappa shape index (κ3) is 3.43. The van der Waals surface area contributed by atoms with Crippen LogP contribution >= 0.6 is 0 Å². The van der Waals surface area contributed by atoms with Crippen LogP contribution in [0.2, 0.25) is 0 Å². The summed E-state index contributed by atoms with van der Waals surface area (Å²) < 4.78 is 10.7. The lowest BCUT2D eigenvalue weighted by Gasteiger charge is -2.42. The molecule has 1 amide bonds. The molecule has 0 aromatic heterocycles. The summed E-state index contributed by atoms with van der Waals surface area (Å²) in [5.41, 5.74) is -0.256. The Bertz CT molecular complexity index is 615. The number of nitrogens with zero attached hydrogens (tertiary/aromatic N) is 1. The first-order chi connectivity index (χ1) is 11.1. The predicted octanol–water partition coefficient (Wildman–Crippen LogP) is 1.63. The van der Waals surface area contributed by atoms with E-state index in [1.807, 2.05) is 30.3 Å². The van der Waals surface area contributed by atoms with E-state index in [0.29, 0.717) is 19.4 Å². The molecule has 2 aliphatic heterocycles. The van der Waals surface area contributed by atoms with Crippen molar-refractivity contribution in [2.24, 2.45) is 0 Å². The van der Waals surface area contributed by atoms with Crippen LogP contribution in [-0.2, 0) is 20.9 Å². The van der Waals surface area contributed by atoms with E-state index < -0.39 is 18.0 Å². The molecule has 1 N–H and O–H groups in total. The molecule has 2 atom stereocenters. The summed E-state index contributed by atoms with van der Waals surface area (Å²) >= 11 is 0. The van der Waals surface area contributed by atoms with Crippen LogP contribution in [0.3, 0.4) is 0 Å². The number of carbonyl (C=O) groups excluding carboxylic acids is 2. The normalized spacial score (nSPS) is 27.3. The molecule has 0 saturated carbocycles. The molecule has 0 bridgehead atoms. The van der Waals surface area contributed by atoms with Crippen LogP contribution in [0.25, 0.3) is 0 Å². The first-order valence-electron chi connectivity index (χ1n) is 7.63. The topological polar surface area (TPSA) is 76.1 Å². The Morgan fingerprint density at radius 3 is 2.96 bits per heavy atom. The summed E-state index contributed by atoms with van der Waals surface area (Å²) in [5.74, 6) is -0.219. The van der Waals surface area contributed by atoms with Gasteiger partial charge in [-0.2, -0.15) is 0 Å². The zero-order valence-corrected chi connectivity index (χ0v) is 12.7. The molecular weight excluding hydrogens is 298 g/mol. The van der Waals surface area contributed by atoms with Crippen molar-refractivity contribution in [3.05, 3.63) is 48.0 Å². The van der Waals surface area contributed by atoms with Gasteiger partial charge in [-0.1, -0.05) is 30.3 Å². The van der Waals surface area contributed by atoms with E-state index in [1.54, 1.807) is 0 Å². The first-order valence-corrected chi connectivity index (χ1v) is 7.63. The van der Waals surface area contributed by atoms with E-state index in [2.05, 4.69) is 0 Å². The second-order valence-electron chi connectivity index (χ2n) is 5.79. The molecule has 1 aromatic carbocycles. The summed E-state index contributed by atoms with van der Waals surface area (Å²) in [6, 6.07) is 9.40. The molecule has 0 radical (unpaired) electrons. The lowest BCUT2D eigenvalue weighted by Crippen LogP contribution is -2.58. The fourth-order valence-electron chi connectivity index (χ4n) is 2.94. The van der Waals surface area contributed by atoms with E-state index in [1.165, 1.54) is 17.1 Å². The number of amides is 1. The fraction of sp³-hybridized carbons (Fsp3) is 0.412. The number of hydrogen-bond donors (Lipinski definition) is 1. The Morgan fingerprint density at radius 2 is 2.17 bits per heavy atom. The molecule has 1 fully saturated rings. The van der Waals surface area contributed by atoms with Crippen molar-refractivity contribution in [2.45, 2.75) is 31.3 Å². The van der Waals surface area contributed by atoms with Crippen molar-refractivity contribution >= 4 is 11.9 Å². The number of aliphatic hydroxyl groups is 1. The summed E-state index contributed by atoms with van der Waals surface area (Å²) in [5, 5.41) is 9.63. The van der Waals surface area contributed by atoms with Gasteiger partial charge in [0.15, 0.2) is 17.7 Å². The van der Waals surface area contributed by atoms with Crippen molar-refractivity contribution in [1.29, 1.82) is 0 Å². The Hall–Kier alpha value is -2.18. The minimum Gasteiger partial charge on any atom is -0.445 e. The summed E-state index contributed by atoms with van der Waals surface area (Å²) in [4.78, 5) is 25.9. The minimum absolute atomic E-state index is 0.0981. The second-order valence-corrected chi connectivity index (χ2v) is 5.79. The molecular formula is C17H19NO5. The van der Waals surface area contributed by atoms with Gasteiger partial charge < -0.3 is 19.5 Å². The van der Waals surface area contributed by atoms with Gasteiger partial charge in [-0.3, -0.25) is 4.79 Å². The molecule has 1 saturated heterocycles. The van der Waals surface area contributed by atoms with Crippen LogP contribution in [0.5, 0.6) is 0 Å². The van der Waals surface area contributed by atoms with Gasteiger partial charge in [0, 0.05) is 6.54 Å². The number of ketones is 1. The lowest BCUT2D eigenvalue weighted by atomic mass is 9.87. The Balaban J connectivity index is 1.63. The second kappa shape index (κ2) is 6.52. The average molecular weight is 317 g/mol. The number of benzene rings is 1. The van der Waals surface area contributed by atoms with Crippen molar-refractivity contribution in [2.75, 3.05) is 13.1 Å². The van der Waals surface area contributed by atoms with Gasteiger partial charge in [-0.25, -0.2) is 4.79 Å². The summed E-state index contributed by atoms with van der Waals surface area (Å²) in [6.45, 7) is 0.785. The zero-order chi connectivity index (χ0) is 16.3. The quantitative estimate of drug-likeness (QED) is 0.897. The highest BCUT2D eigenvalue weighted by atomic mass is 16.6. The van der Waals surface area contributed by atoms with E-state index >= 15 is 0 Å². The summed E-state index contributed by atoms with van der Waals surface area (Å²) in [6.07, 6.45) is 2.14. The maximum Gasteiger partial charge on any atom is 0.410 e. The third-order valence-electron chi connectivity index (χ3n) is 4.13. The molecule has 2 aliphatic rings. The van der Waals surface area contributed by atoms with E-state index in [4.69, 9.17) is 9.47 Å². The SMILES string of the molecule is O=C(OCc1ccccc1)N1CCCC2(C1)OC(O)C=CC2=O. The van der Waals surface area contributed by atoms with Crippen LogP contribution in [-0.4, -0.2) is 46.9 Å². The Morgan fingerprint density at radius 1 is 1.39 bits per heavy atom. The molecule has 1 aromatic rings. The van der Waals surface area contributed by atoms with Gasteiger partial charge in [0.1, 0.15) is 6.61 Å². The number of hydrogen-bond acceptors (Lipinski definition) is 5. The van der Waals surface area contributed by atoms with Crippen molar-refractivity contribution in [3.8, 4) is 0 Å². The molecule has 2 unspecified atom stereocenters. The van der Waals surface area contributed by atoms with Crippen LogP contribution in [0, 0.1) is 0 Å². The van der Waals surface area contributed by atoms with Crippen molar-refractivity contribution < 1.29 is 24.2 Å². The Labute approximate surface area is 134 Å². The lowest BCUT2D eigenvalue weighted by molar-refractivity contribution is -0.189. The van der Waals surface area contributed by atoms with Crippen LogP contribution in [0.1, 0.15) is 18.4 Å². The molecule has 2 heterocycles. The van der Waals surface area contributed by atoms with Gasteiger partial charge in [0.2, 0.25) is 0 Å². The maximum absolute atomic E-state index is 12.2. The molecule has 1 spiro atoms. The standard InChI is InChI=1S/C17H19NO5/c19-14-7-8-15(20)23-17(14)9-4-10-18(12-17)16(21)22-11-13-5-2-1-3-6-13/h1-3,5-8,15,20H,4,9-12H2. The number of rotatable bonds is 2. The zero-order valence-electron chi connectivity index (χ0n) is 12.7. The van der Waals surface area contributed by atoms with Gasteiger partial charge >= 0.3 is 6.09 Å². The highest BCUT2D eigenvalue weighted by Crippen LogP contribution is 2.31. The van der Waals surface area contributed by atoms with Gasteiger partial charge in [0.05, 0.1) is 6.54 Å². The van der Waals surface area contributed by atoms with Crippen LogP contribution < -0.4 is 0 Å². The molecule has 23 heavy (non-hydrogen) atoms. The number of likely N-dealkylation sites (tertiary alicyclic amines) is 1. The number of piperidine rings is 1. The van der Waals surface area contributed by atoms with Gasteiger partial charge in [-0.05, 0) is 30.6 Å². The van der Waals surface area contributed by atoms with E-state index in [0.717, 1.165) is 5.56 Å². The van der Waals surface area contributed by atoms with E-state index in [9.17, 15) is 14.7 Å². The number of ether oxygens (including phenoxy) is 2. The highest BCUT2D eigenvalue weighted by Gasteiger charge is 2.46. The molecule has 0 aliphatic carbocycles.